The van der Waals surface area contributed by atoms with Crippen LogP contribution in [0.3, 0.4) is 0 Å². The van der Waals surface area contributed by atoms with Crippen LogP contribution in [0, 0.1) is 13.8 Å². The van der Waals surface area contributed by atoms with E-state index in [-0.39, 0.29) is 5.91 Å². The molecule has 0 atom stereocenters. The monoisotopic (exact) mass is 338 g/mol. The van der Waals surface area contributed by atoms with Gasteiger partial charge in [0.1, 0.15) is 5.76 Å². The molecule has 0 bridgehead atoms. The topological polar surface area (TPSA) is 59.5 Å². The number of benzene rings is 1. The molecular weight excluding hydrogens is 316 g/mol. The van der Waals surface area contributed by atoms with Gasteiger partial charge in [-0.15, -0.1) is 0 Å². The Morgan fingerprint density at radius 1 is 1.20 bits per heavy atom. The van der Waals surface area contributed by atoms with Gasteiger partial charge < -0.3 is 13.7 Å². The van der Waals surface area contributed by atoms with Gasteiger partial charge in [0, 0.05) is 25.5 Å². The number of furan rings is 1. The highest BCUT2D eigenvalue weighted by Gasteiger charge is 2.13. The number of rotatable bonds is 6. The van der Waals surface area contributed by atoms with Gasteiger partial charge in [0.05, 0.1) is 19.0 Å². The molecule has 0 spiro atoms. The van der Waals surface area contributed by atoms with Crippen LogP contribution >= 0.6 is 0 Å². The molecule has 1 amide bonds. The van der Waals surface area contributed by atoms with Crippen molar-refractivity contribution in [3.05, 3.63) is 65.6 Å². The Balaban J connectivity index is 1.57. The first-order valence-electron chi connectivity index (χ1n) is 8.31. The third-order valence-electron chi connectivity index (χ3n) is 4.30. The summed E-state index contributed by atoms with van der Waals surface area (Å²) in [7, 11) is 1.76. The predicted molar refractivity (Wildman–Crippen MR) is 94.9 cm³/mol. The predicted octanol–water partition coefficient (Wildman–Crippen LogP) is 4.14. The largest absolute Gasteiger partial charge is 0.467 e. The third kappa shape index (κ3) is 4.18. The third-order valence-corrected chi connectivity index (χ3v) is 4.30. The summed E-state index contributed by atoms with van der Waals surface area (Å²) in [6, 6.07) is 9.85. The highest BCUT2D eigenvalue weighted by Crippen LogP contribution is 2.23. The van der Waals surface area contributed by atoms with Gasteiger partial charge in [0.15, 0.2) is 11.7 Å². The fourth-order valence-corrected chi connectivity index (χ4v) is 2.58. The van der Waals surface area contributed by atoms with Crippen LogP contribution in [0.2, 0.25) is 0 Å². The summed E-state index contributed by atoms with van der Waals surface area (Å²) in [6.45, 7) is 4.62. The number of carbonyl (C=O) groups is 1. The van der Waals surface area contributed by atoms with Gasteiger partial charge in [-0.05, 0) is 43.2 Å². The number of hydrogen-bond donors (Lipinski definition) is 0. The average Bonchev–Trinajstić information content (AvgIpc) is 3.27. The molecule has 5 heteroatoms. The van der Waals surface area contributed by atoms with Crippen LogP contribution in [0.15, 0.2) is 51.6 Å². The quantitative estimate of drug-likeness (QED) is 0.678. The zero-order valence-electron chi connectivity index (χ0n) is 14.8. The van der Waals surface area contributed by atoms with Gasteiger partial charge in [0.2, 0.25) is 5.91 Å². The standard InChI is InChI=1S/C20H22N2O3/c1-14-6-7-16(11-15(14)2)18-12-21-19(25-18)8-9-20(23)22(3)13-17-5-4-10-24-17/h4-7,10-12H,8-9,13H2,1-3H3. The van der Waals surface area contributed by atoms with Crippen LogP contribution in [0.25, 0.3) is 11.3 Å². The summed E-state index contributed by atoms with van der Waals surface area (Å²) in [6.07, 6.45) is 4.15. The Bertz CT molecular complexity index is 850. The SMILES string of the molecule is Cc1ccc(-c2cnc(CCC(=O)N(C)Cc3ccco3)o2)cc1C. The smallest absolute Gasteiger partial charge is 0.223 e. The first kappa shape index (κ1) is 17.0. The molecule has 0 aliphatic carbocycles. The number of nitrogens with zero attached hydrogens (tertiary/aromatic N) is 2. The van der Waals surface area contributed by atoms with Gasteiger partial charge >= 0.3 is 0 Å². The maximum absolute atomic E-state index is 12.2. The second-order valence-electron chi connectivity index (χ2n) is 6.25. The molecule has 0 saturated heterocycles. The van der Waals surface area contributed by atoms with E-state index in [1.54, 1.807) is 24.4 Å². The summed E-state index contributed by atoms with van der Waals surface area (Å²) < 4.78 is 11.1. The van der Waals surface area contributed by atoms with E-state index in [2.05, 4.69) is 31.0 Å². The van der Waals surface area contributed by atoms with Crippen molar-refractivity contribution in [1.82, 2.24) is 9.88 Å². The summed E-state index contributed by atoms with van der Waals surface area (Å²) >= 11 is 0. The highest BCUT2D eigenvalue weighted by molar-refractivity contribution is 5.76. The van der Waals surface area contributed by atoms with Crippen molar-refractivity contribution in [2.75, 3.05) is 7.05 Å². The normalized spacial score (nSPS) is 10.8. The zero-order valence-corrected chi connectivity index (χ0v) is 14.8. The molecule has 3 aromatic rings. The molecule has 0 aliphatic heterocycles. The van der Waals surface area contributed by atoms with Gasteiger partial charge in [-0.2, -0.15) is 0 Å². The number of hydrogen-bond acceptors (Lipinski definition) is 4. The van der Waals surface area contributed by atoms with Crippen molar-refractivity contribution >= 4 is 5.91 Å². The molecule has 0 fully saturated rings. The van der Waals surface area contributed by atoms with Gasteiger partial charge in [-0.25, -0.2) is 4.98 Å². The van der Waals surface area contributed by atoms with Crippen molar-refractivity contribution in [3.8, 4) is 11.3 Å². The molecule has 1 aromatic carbocycles. The first-order chi connectivity index (χ1) is 12.0. The van der Waals surface area contributed by atoms with Crippen molar-refractivity contribution in [2.24, 2.45) is 0 Å². The summed E-state index contributed by atoms with van der Waals surface area (Å²) in [5.41, 5.74) is 3.46. The highest BCUT2D eigenvalue weighted by atomic mass is 16.4. The van der Waals surface area contributed by atoms with Crippen LogP contribution in [0.5, 0.6) is 0 Å². The second-order valence-corrected chi connectivity index (χ2v) is 6.25. The van der Waals surface area contributed by atoms with E-state index < -0.39 is 0 Å². The van der Waals surface area contributed by atoms with Gasteiger partial charge in [-0.1, -0.05) is 12.1 Å². The lowest BCUT2D eigenvalue weighted by Crippen LogP contribution is -2.26. The Labute approximate surface area is 147 Å². The van der Waals surface area contributed by atoms with E-state index >= 15 is 0 Å². The fourth-order valence-electron chi connectivity index (χ4n) is 2.58. The van der Waals surface area contributed by atoms with Crippen LogP contribution < -0.4 is 0 Å². The van der Waals surface area contributed by atoms with Crippen LogP contribution in [-0.4, -0.2) is 22.8 Å². The Morgan fingerprint density at radius 3 is 2.76 bits per heavy atom. The molecule has 3 rings (SSSR count). The molecule has 0 unspecified atom stereocenters. The number of amides is 1. The molecule has 2 aromatic heterocycles. The molecular formula is C20H22N2O3. The molecule has 0 radical (unpaired) electrons. The number of oxazole rings is 1. The molecule has 130 valence electrons. The van der Waals surface area contributed by atoms with Crippen molar-refractivity contribution in [1.29, 1.82) is 0 Å². The first-order valence-corrected chi connectivity index (χ1v) is 8.31. The van der Waals surface area contributed by atoms with E-state index in [0.717, 1.165) is 17.1 Å². The summed E-state index contributed by atoms with van der Waals surface area (Å²) in [5.74, 6) is 2.11. The Kier molecular flexibility index (Phi) is 5.03. The lowest BCUT2D eigenvalue weighted by atomic mass is 10.1. The molecule has 25 heavy (non-hydrogen) atoms. The van der Waals surface area contributed by atoms with Crippen LogP contribution in [0.4, 0.5) is 0 Å². The molecule has 0 aliphatic rings. The lowest BCUT2D eigenvalue weighted by Gasteiger charge is -2.14. The molecule has 0 saturated carbocycles. The van der Waals surface area contributed by atoms with Crippen molar-refractivity contribution in [2.45, 2.75) is 33.2 Å². The molecule has 5 nitrogen and oxygen atoms in total. The van der Waals surface area contributed by atoms with E-state index in [4.69, 9.17) is 8.83 Å². The van der Waals surface area contributed by atoms with Crippen molar-refractivity contribution < 1.29 is 13.6 Å². The van der Waals surface area contributed by atoms with E-state index in [1.165, 1.54) is 11.1 Å². The maximum atomic E-state index is 12.2. The van der Waals surface area contributed by atoms with E-state index in [1.807, 2.05) is 18.2 Å². The van der Waals surface area contributed by atoms with Gasteiger partial charge in [-0.3, -0.25) is 4.79 Å². The second kappa shape index (κ2) is 7.38. The minimum atomic E-state index is 0.0299. The van der Waals surface area contributed by atoms with Crippen LogP contribution in [-0.2, 0) is 17.8 Å². The molecule has 2 heterocycles. The Hall–Kier alpha value is -2.82. The Morgan fingerprint density at radius 2 is 2.04 bits per heavy atom. The molecule has 0 N–H and O–H groups in total. The van der Waals surface area contributed by atoms with Crippen LogP contribution in [0.1, 0.15) is 29.2 Å². The average molecular weight is 338 g/mol. The lowest BCUT2D eigenvalue weighted by molar-refractivity contribution is -0.130. The number of aromatic nitrogens is 1. The van der Waals surface area contributed by atoms with Gasteiger partial charge in [0.25, 0.3) is 0 Å². The summed E-state index contributed by atoms with van der Waals surface area (Å²) in [4.78, 5) is 18.2. The minimum Gasteiger partial charge on any atom is -0.467 e. The van der Waals surface area contributed by atoms with Crippen molar-refractivity contribution in [3.63, 3.8) is 0 Å². The van der Waals surface area contributed by atoms with E-state index in [0.29, 0.717) is 25.3 Å². The maximum Gasteiger partial charge on any atom is 0.223 e. The zero-order chi connectivity index (χ0) is 17.8. The number of carbonyl (C=O) groups excluding carboxylic acids is 1. The minimum absolute atomic E-state index is 0.0299. The summed E-state index contributed by atoms with van der Waals surface area (Å²) in [5, 5.41) is 0. The fraction of sp³-hybridized carbons (Fsp3) is 0.300. The number of aryl methyl sites for hydroxylation is 3. The van der Waals surface area contributed by atoms with E-state index in [9.17, 15) is 4.79 Å².